The fourth-order valence-corrected chi connectivity index (χ4v) is 3.88. The number of fused-ring (bicyclic) bond motifs is 2. The van der Waals surface area contributed by atoms with Gasteiger partial charge in [-0.05, 0) is 36.1 Å². The summed E-state index contributed by atoms with van der Waals surface area (Å²) in [5.41, 5.74) is 9.41. The summed E-state index contributed by atoms with van der Waals surface area (Å²) in [5.74, 6) is 1.59. The van der Waals surface area contributed by atoms with E-state index in [0.29, 0.717) is 28.5 Å². The fourth-order valence-electron chi connectivity index (χ4n) is 3.88. The monoisotopic (exact) mass is 387 g/mol. The molecule has 2 atom stereocenters. The highest BCUT2D eigenvalue weighted by Crippen LogP contribution is 2.48. The summed E-state index contributed by atoms with van der Waals surface area (Å²) in [4.78, 5) is 11.9. The van der Waals surface area contributed by atoms with Gasteiger partial charge in [-0.3, -0.25) is 10.1 Å². The van der Waals surface area contributed by atoms with E-state index in [1.807, 2.05) is 36.1 Å². The topological polar surface area (TPSA) is 118 Å². The Kier molecular flexibility index (Phi) is 3.87. The first-order chi connectivity index (χ1) is 14.0. The number of benzene rings is 2. The number of nitrogens with two attached hydrogens (primary N) is 1. The minimum atomic E-state index is 0.0872. The molecular formula is C21H21N7O. The van der Waals surface area contributed by atoms with E-state index >= 15 is 0 Å². The molecule has 2 heterocycles. The average Bonchev–Trinajstić information content (AvgIpc) is 3.45. The molecule has 0 saturated heterocycles. The highest BCUT2D eigenvalue weighted by atomic mass is 16.5. The van der Waals surface area contributed by atoms with Crippen molar-refractivity contribution < 1.29 is 4.74 Å². The minimum absolute atomic E-state index is 0.0872. The van der Waals surface area contributed by atoms with Crippen molar-refractivity contribution in [1.82, 2.24) is 19.7 Å². The predicted molar refractivity (Wildman–Crippen MR) is 112 cm³/mol. The first-order valence-electron chi connectivity index (χ1n) is 9.42. The molecule has 8 nitrogen and oxygen atoms in total. The lowest BCUT2D eigenvalue weighted by molar-refractivity contribution is 0.419. The number of aromatic nitrogens is 4. The Morgan fingerprint density at radius 1 is 1.34 bits per heavy atom. The molecular weight excluding hydrogens is 366 g/mol. The molecule has 1 aliphatic carbocycles. The van der Waals surface area contributed by atoms with Gasteiger partial charge in [-0.2, -0.15) is 5.10 Å². The number of hydrogen-bond donors (Lipinski definition) is 3. The number of anilines is 1. The van der Waals surface area contributed by atoms with E-state index in [-0.39, 0.29) is 11.9 Å². The van der Waals surface area contributed by atoms with Crippen LogP contribution in [-0.2, 0) is 7.05 Å². The Morgan fingerprint density at radius 2 is 2.21 bits per heavy atom. The van der Waals surface area contributed by atoms with Gasteiger partial charge in [-0.1, -0.05) is 18.2 Å². The number of nitrogen functional groups attached to an aromatic ring is 1. The predicted octanol–water partition coefficient (Wildman–Crippen LogP) is 2.72. The Hall–Kier alpha value is -3.68. The van der Waals surface area contributed by atoms with Crippen LogP contribution in [0.15, 0.2) is 47.6 Å². The third kappa shape index (κ3) is 2.93. The molecule has 4 aromatic rings. The standard InChI is InChI=1S/C21H21N7O/c1-28-16-8-11(6-7-12(16)10-24-28)14-9-15(14)19(22)26-20-13-4-3-5-17(29-2)18(13)25-21(23)27-20/h3-8,10,14-15H,9H2,1-2H3,(H4,22,23,25,26,27). The van der Waals surface area contributed by atoms with Crippen LogP contribution in [-0.4, -0.2) is 32.7 Å². The number of nitrogens with zero attached hydrogens (tertiary/aromatic N) is 4. The number of para-hydroxylation sites is 1. The number of hydrogen-bond acceptors (Lipinski definition) is 5. The van der Waals surface area contributed by atoms with Crippen LogP contribution in [0.2, 0.25) is 0 Å². The second-order valence-corrected chi connectivity index (χ2v) is 7.36. The number of aromatic amines is 1. The maximum Gasteiger partial charge on any atom is 0.199 e. The molecule has 0 aliphatic heterocycles. The van der Waals surface area contributed by atoms with Crippen LogP contribution in [0.5, 0.6) is 5.75 Å². The van der Waals surface area contributed by atoms with Crippen LogP contribution in [0.4, 0.5) is 5.95 Å². The molecule has 2 aromatic carbocycles. The third-order valence-electron chi connectivity index (χ3n) is 5.53. The van der Waals surface area contributed by atoms with Crippen molar-refractivity contribution in [2.75, 3.05) is 12.8 Å². The van der Waals surface area contributed by atoms with Crippen LogP contribution < -0.4 is 16.0 Å². The molecule has 146 valence electrons. The first-order valence-corrected chi connectivity index (χ1v) is 9.42. The van der Waals surface area contributed by atoms with Gasteiger partial charge in [-0.15, -0.1) is 0 Å². The zero-order chi connectivity index (χ0) is 20.1. The molecule has 1 aliphatic rings. The number of amidine groups is 1. The highest BCUT2D eigenvalue weighted by molar-refractivity contribution is 5.89. The number of H-pyrrole nitrogens is 1. The molecule has 0 bridgehead atoms. The van der Waals surface area contributed by atoms with Gasteiger partial charge in [0.15, 0.2) is 5.95 Å². The second kappa shape index (κ2) is 6.44. The van der Waals surface area contributed by atoms with Gasteiger partial charge in [0, 0.05) is 23.7 Å². The van der Waals surface area contributed by atoms with E-state index in [4.69, 9.17) is 15.9 Å². The molecule has 8 heteroatoms. The average molecular weight is 387 g/mol. The minimum Gasteiger partial charge on any atom is -0.494 e. The third-order valence-corrected chi connectivity index (χ3v) is 5.53. The van der Waals surface area contributed by atoms with Crippen molar-refractivity contribution in [3.05, 3.63) is 53.6 Å². The maximum atomic E-state index is 8.55. The van der Waals surface area contributed by atoms with Crippen molar-refractivity contribution >= 4 is 33.6 Å². The molecule has 5 rings (SSSR count). The summed E-state index contributed by atoms with van der Waals surface area (Å²) in [5, 5.41) is 14.7. The van der Waals surface area contributed by atoms with Gasteiger partial charge in [0.25, 0.3) is 0 Å². The summed E-state index contributed by atoms with van der Waals surface area (Å²) in [6, 6.07) is 12.0. The molecule has 0 spiro atoms. The van der Waals surface area contributed by atoms with Crippen LogP contribution in [0.25, 0.3) is 21.8 Å². The number of nitrogens with one attached hydrogen (secondary N) is 2. The summed E-state index contributed by atoms with van der Waals surface area (Å²) >= 11 is 0. The Balaban J connectivity index is 1.49. The molecule has 0 amide bonds. The van der Waals surface area contributed by atoms with Crippen molar-refractivity contribution in [2.24, 2.45) is 18.0 Å². The molecule has 2 aromatic heterocycles. The van der Waals surface area contributed by atoms with Crippen LogP contribution in [0.3, 0.4) is 0 Å². The SMILES string of the molecule is COc1cccc2/c(=N/C(=N)C3CC3c3ccc4cnn(C)c4c3)[nH]c(N)nc12. The lowest BCUT2D eigenvalue weighted by atomic mass is 10.1. The molecule has 29 heavy (non-hydrogen) atoms. The molecule has 1 fully saturated rings. The summed E-state index contributed by atoms with van der Waals surface area (Å²) in [7, 11) is 3.53. The van der Waals surface area contributed by atoms with Crippen molar-refractivity contribution in [2.45, 2.75) is 12.3 Å². The second-order valence-electron chi connectivity index (χ2n) is 7.36. The summed E-state index contributed by atoms with van der Waals surface area (Å²) in [6.45, 7) is 0. The normalized spacial score (nSPS) is 19.0. The molecule has 0 radical (unpaired) electrons. The van der Waals surface area contributed by atoms with Gasteiger partial charge in [0.05, 0.1) is 18.8 Å². The Bertz CT molecular complexity index is 1330. The highest BCUT2D eigenvalue weighted by Gasteiger charge is 2.42. The Labute approximate surface area is 166 Å². The van der Waals surface area contributed by atoms with E-state index in [1.54, 1.807) is 7.11 Å². The summed E-state index contributed by atoms with van der Waals surface area (Å²) < 4.78 is 7.26. The quantitative estimate of drug-likeness (QED) is 0.370. The largest absolute Gasteiger partial charge is 0.494 e. The lowest BCUT2D eigenvalue weighted by Crippen LogP contribution is -2.16. The zero-order valence-electron chi connectivity index (χ0n) is 16.2. The van der Waals surface area contributed by atoms with Gasteiger partial charge >= 0.3 is 0 Å². The number of ether oxygens (including phenoxy) is 1. The molecule has 4 N–H and O–H groups in total. The van der Waals surface area contributed by atoms with E-state index < -0.39 is 0 Å². The van der Waals surface area contributed by atoms with Gasteiger partial charge in [0.2, 0.25) is 0 Å². The van der Waals surface area contributed by atoms with E-state index in [1.165, 1.54) is 5.56 Å². The van der Waals surface area contributed by atoms with Crippen LogP contribution >= 0.6 is 0 Å². The number of rotatable bonds is 3. The van der Waals surface area contributed by atoms with Gasteiger partial charge < -0.3 is 15.5 Å². The van der Waals surface area contributed by atoms with Crippen molar-refractivity contribution in [1.29, 1.82) is 5.41 Å². The number of aryl methyl sites for hydroxylation is 1. The number of methoxy groups -OCH3 is 1. The van der Waals surface area contributed by atoms with E-state index in [2.05, 4.69) is 38.3 Å². The lowest BCUT2D eigenvalue weighted by Gasteiger charge is -2.06. The van der Waals surface area contributed by atoms with Crippen LogP contribution in [0, 0.1) is 11.3 Å². The Morgan fingerprint density at radius 3 is 3.03 bits per heavy atom. The summed E-state index contributed by atoms with van der Waals surface area (Å²) in [6.07, 6.45) is 2.78. The van der Waals surface area contributed by atoms with Crippen LogP contribution in [0.1, 0.15) is 17.9 Å². The van der Waals surface area contributed by atoms with Gasteiger partial charge in [0.1, 0.15) is 22.6 Å². The van der Waals surface area contributed by atoms with Crippen molar-refractivity contribution in [3.63, 3.8) is 0 Å². The molecule has 1 saturated carbocycles. The van der Waals surface area contributed by atoms with E-state index in [0.717, 1.165) is 22.7 Å². The van der Waals surface area contributed by atoms with Crippen molar-refractivity contribution in [3.8, 4) is 5.75 Å². The smallest absolute Gasteiger partial charge is 0.199 e. The van der Waals surface area contributed by atoms with E-state index in [9.17, 15) is 0 Å². The maximum absolute atomic E-state index is 8.55. The van der Waals surface area contributed by atoms with Gasteiger partial charge in [-0.25, -0.2) is 9.98 Å². The zero-order valence-corrected chi connectivity index (χ0v) is 16.2. The molecule has 2 unspecified atom stereocenters. The first kappa shape index (κ1) is 17.4. The fraction of sp³-hybridized carbons (Fsp3) is 0.238.